The quantitative estimate of drug-likeness (QED) is 0.801. The third-order valence-electron chi connectivity index (χ3n) is 2.25. The van der Waals surface area contributed by atoms with Gasteiger partial charge in [-0.1, -0.05) is 0 Å². The molecule has 1 N–H and O–H groups in total. The first-order chi connectivity index (χ1) is 7.76. The molecule has 0 saturated heterocycles. The van der Waals surface area contributed by atoms with Gasteiger partial charge in [0.2, 0.25) is 0 Å². The third-order valence-corrected chi connectivity index (χ3v) is 2.25. The third kappa shape index (κ3) is 2.79. The van der Waals surface area contributed by atoms with Gasteiger partial charge >= 0.3 is 0 Å². The van der Waals surface area contributed by atoms with E-state index in [1.54, 1.807) is 14.2 Å². The Kier molecular flexibility index (Phi) is 4.92. The standard InChI is InChI=1S/C12H19NO3/c1-5-16-9-6-11(14-3)10(8-13-2)12(7-9)15-4/h6-7,13H,5,8H2,1-4H3. The Hall–Kier alpha value is -1.42. The van der Waals surface area contributed by atoms with Gasteiger partial charge in [-0.25, -0.2) is 0 Å². The van der Waals surface area contributed by atoms with Crippen LogP contribution in [0.4, 0.5) is 0 Å². The Bertz CT molecular complexity index is 314. The van der Waals surface area contributed by atoms with Crippen LogP contribution >= 0.6 is 0 Å². The SMILES string of the molecule is CCOc1cc(OC)c(CNC)c(OC)c1. The van der Waals surface area contributed by atoms with Gasteiger partial charge in [-0.15, -0.1) is 0 Å². The molecule has 0 atom stereocenters. The predicted molar refractivity (Wildman–Crippen MR) is 63.5 cm³/mol. The fourth-order valence-electron chi connectivity index (χ4n) is 1.56. The molecule has 0 spiro atoms. The van der Waals surface area contributed by atoms with Crippen molar-refractivity contribution >= 4 is 0 Å². The number of hydrogen-bond donors (Lipinski definition) is 1. The largest absolute Gasteiger partial charge is 0.496 e. The van der Waals surface area contributed by atoms with Gasteiger partial charge in [0.1, 0.15) is 17.2 Å². The molecule has 4 nitrogen and oxygen atoms in total. The minimum Gasteiger partial charge on any atom is -0.496 e. The summed E-state index contributed by atoms with van der Waals surface area (Å²) in [6.45, 7) is 3.26. The van der Waals surface area contributed by atoms with Crippen molar-refractivity contribution in [1.29, 1.82) is 0 Å². The van der Waals surface area contributed by atoms with E-state index < -0.39 is 0 Å². The van der Waals surface area contributed by atoms with Crippen molar-refractivity contribution in [3.8, 4) is 17.2 Å². The Labute approximate surface area is 96.5 Å². The summed E-state index contributed by atoms with van der Waals surface area (Å²) >= 11 is 0. The molecule has 90 valence electrons. The van der Waals surface area contributed by atoms with Gasteiger partial charge in [0, 0.05) is 18.7 Å². The normalized spacial score (nSPS) is 10.0. The molecule has 16 heavy (non-hydrogen) atoms. The molecule has 0 unspecified atom stereocenters. The predicted octanol–water partition coefficient (Wildman–Crippen LogP) is 1.82. The van der Waals surface area contributed by atoms with Crippen LogP contribution in [-0.2, 0) is 6.54 Å². The maximum atomic E-state index is 5.44. The average Bonchev–Trinajstić information content (AvgIpc) is 2.31. The summed E-state index contributed by atoms with van der Waals surface area (Å²) in [6, 6.07) is 3.75. The second-order valence-electron chi connectivity index (χ2n) is 3.27. The number of rotatable bonds is 6. The van der Waals surface area contributed by atoms with Crippen molar-refractivity contribution in [1.82, 2.24) is 5.32 Å². The second-order valence-corrected chi connectivity index (χ2v) is 3.27. The molecule has 0 aliphatic rings. The lowest BCUT2D eigenvalue weighted by Crippen LogP contribution is -2.08. The van der Waals surface area contributed by atoms with Crippen molar-refractivity contribution in [3.63, 3.8) is 0 Å². The van der Waals surface area contributed by atoms with Gasteiger partial charge in [0.15, 0.2) is 0 Å². The van der Waals surface area contributed by atoms with Crippen LogP contribution in [0, 0.1) is 0 Å². The highest BCUT2D eigenvalue weighted by Gasteiger charge is 2.12. The maximum Gasteiger partial charge on any atom is 0.130 e. The summed E-state index contributed by atoms with van der Waals surface area (Å²) in [5, 5.41) is 3.08. The van der Waals surface area contributed by atoms with Crippen LogP contribution in [0.1, 0.15) is 12.5 Å². The highest BCUT2D eigenvalue weighted by molar-refractivity contribution is 5.50. The van der Waals surface area contributed by atoms with Gasteiger partial charge < -0.3 is 19.5 Å². The molecule has 1 aromatic rings. The number of methoxy groups -OCH3 is 2. The number of ether oxygens (including phenoxy) is 3. The summed E-state index contributed by atoms with van der Waals surface area (Å²) < 4.78 is 16.1. The van der Waals surface area contributed by atoms with Gasteiger partial charge in [-0.2, -0.15) is 0 Å². The highest BCUT2D eigenvalue weighted by Crippen LogP contribution is 2.33. The summed E-state index contributed by atoms with van der Waals surface area (Å²) in [4.78, 5) is 0. The van der Waals surface area contributed by atoms with Crippen molar-refractivity contribution < 1.29 is 14.2 Å². The summed E-state index contributed by atoms with van der Waals surface area (Å²) in [7, 11) is 5.17. The molecule has 4 heteroatoms. The van der Waals surface area contributed by atoms with Crippen LogP contribution in [0.25, 0.3) is 0 Å². The smallest absolute Gasteiger partial charge is 0.130 e. The van der Waals surface area contributed by atoms with Crippen molar-refractivity contribution in [2.45, 2.75) is 13.5 Å². The lowest BCUT2D eigenvalue weighted by molar-refractivity contribution is 0.328. The molecule has 0 aliphatic heterocycles. The minimum atomic E-state index is 0.623. The molecule has 1 aromatic carbocycles. The molecule has 0 heterocycles. The van der Waals surface area contributed by atoms with E-state index in [9.17, 15) is 0 Å². The lowest BCUT2D eigenvalue weighted by atomic mass is 10.1. The van der Waals surface area contributed by atoms with Crippen molar-refractivity contribution in [2.75, 3.05) is 27.9 Å². The fourth-order valence-corrected chi connectivity index (χ4v) is 1.56. The zero-order valence-corrected chi connectivity index (χ0v) is 10.3. The average molecular weight is 225 g/mol. The van der Waals surface area contributed by atoms with Gasteiger partial charge in [0.25, 0.3) is 0 Å². The molecule has 0 aliphatic carbocycles. The molecule has 1 rings (SSSR count). The molecule has 0 aromatic heterocycles. The monoisotopic (exact) mass is 225 g/mol. The van der Waals surface area contributed by atoms with Crippen LogP contribution in [0.5, 0.6) is 17.2 Å². The zero-order chi connectivity index (χ0) is 12.0. The minimum absolute atomic E-state index is 0.623. The van der Waals surface area contributed by atoms with Crippen LogP contribution in [0.2, 0.25) is 0 Å². The molecule has 0 radical (unpaired) electrons. The topological polar surface area (TPSA) is 39.7 Å². The fraction of sp³-hybridized carbons (Fsp3) is 0.500. The summed E-state index contributed by atoms with van der Waals surface area (Å²) in [5.74, 6) is 2.31. The van der Waals surface area contributed by atoms with Crippen LogP contribution in [0.3, 0.4) is 0 Å². The van der Waals surface area contributed by atoms with Crippen LogP contribution in [0.15, 0.2) is 12.1 Å². The summed E-state index contributed by atoms with van der Waals surface area (Å²) in [5.41, 5.74) is 0.996. The van der Waals surface area contributed by atoms with E-state index in [2.05, 4.69) is 5.32 Å². The Morgan fingerprint density at radius 2 is 1.69 bits per heavy atom. The number of benzene rings is 1. The zero-order valence-electron chi connectivity index (χ0n) is 10.3. The molecule has 0 fully saturated rings. The van der Waals surface area contributed by atoms with Gasteiger partial charge in [0.05, 0.1) is 26.4 Å². The first kappa shape index (κ1) is 12.6. The highest BCUT2D eigenvalue weighted by atomic mass is 16.5. The molecule has 0 saturated carbocycles. The number of nitrogens with one attached hydrogen (secondary N) is 1. The van der Waals surface area contributed by atoms with E-state index in [4.69, 9.17) is 14.2 Å². The molecule has 0 amide bonds. The van der Waals surface area contributed by atoms with E-state index in [1.807, 2.05) is 26.1 Å². The van der Waals surface area contributed by atoms with E-state index >= 15 is 0 Å². The van der Waals surface area contributed by atoms with E-state index in [1.165, 1.54) is 0 Å². The Balaban J connectivity index is 3.14. The van der Waals surface area contributed by atoms with Crippen LogP contribution in [-0.4, -0.2) is 27.9 Å². The second kappa shape index (κ2) is 6.23. The van der Waals surface area contributed by atoms with E-state index in [0.29, 0.717) is 13.2 Å². The Morgan fingerprint density at radius 1 is 1.12 bits per heavy atom. The first-order valence-electron chi connectivity index (χ1n) is 5.29. The number of hydrogen-bond acceptors (Lipinski definition) is 4. The van der Waals surface area contributed by atoms with Gasteiger partial charge in [-0.05, 0) is 14.0 Å². The van der Waals surface area contributed by atoms with Crippen molar-refractivity contribution in [3.05, 3.63) is 17.7 Å². The lowest BCUT2D eigenvalue weighted by Gasteiger charge is -2.15. The van der Waals surface area contributed by atoms with Gasteiger partial charge in [-0.3, -0.25) is 0 Å². The van der Waals surface area contributed by atoms with E-state index in [0.717, 1.165) is 22.8 Å². The van der Waals surface area contributed by atoms with Crippen molar-refractivity contribution in [2.24, 2.45) is 0 Å². The molecular formula is C12H19NO3. The first-order valence-corrected chi connectivity index (χ1v) is 5.29. The Morgan fingerprint density at radius 3 is 2.06 bits per heavy atom. The van der Waals surface area contributed by atoms with Crippen LogP contribution < -0.4 is 19.5 Å². The van der Waals surface area contributed by atoms with E-state index in [-0.39, 0.29) is 0 Å². The summed E-state index contributed by atoms with van der Waals surface area (Å²) in [6.07, 6.45) is 0. The maximum absolute atomic E-state index is 5.44. The molecular weight excluding hydrogens is 206 g/mol. The molecule has 0 bridgehead atoms.